The molecule has 5 nitrogen and oxygen atoms in total. The fourth-order valence-electron chi connectivity index (χ4n) is 1.35. The molecule has 0 bridgehead atoms. The van der Waals surface area contributed by atoms with Gasteiger partial charge in [-0.15, -0.1) is 0 Å². The number of hydrogen-bond donors (Lipinski definition) is 2. The van der Waals surface area contributed by atoms with Gasteiger partial charge in [0.15, 0.2) is 0 Å². The lowest BCUT2D eigenvalue weighted by Gasteiger charge is -1.87. The molecule has 64 valence electrons. The zero-order valence-corrected chi connectivity index (χ0v) is 7.18. The molecule has 2 aromatic heterocycles. The monoisotopic (exact) mass is 192 g/mol. The molecule has 0 aliphatic carbocycles. The van der Waals surface area contributed by atoms with Gasteiger partial charge in [-0.1, -0.05) is 0 Å². The lowest BCUT2D eigenvalue weighted by molar-refractivity contribution is 1.22. The average Bonchev–Trinajstić information content (AvgIpc) is 2.65. The Bertz CT molecular complexity index is 634. The van der Waals surface area contributed by atoms with Crippen molar-refractivity contribution in [1.29, 1.82) is 0 Å². The third-order valence-corrected chi connectivity index (χ3v) is 2.46. The fourth-order valence-corrected chi connectivity index (χ4v) is 1.89. The van der Waals surface area contributed by atoms with Crippen molar-refractivity contribution < 1.29 is 0 Å². The highest BCUT2D eigenvalue weighted by atomic mass is 32.1. The minimum absolute atomic E-state index is 0.212. The van der Waals surface area contributed by atoms with Crippen LogP contribution < -0.4 is 5.69 Å². The summed E-state index contributed by atoms with van der Waals surface area (Å²) in [5.41, 5.74) is 2.85. The van der Waals surface area contributed by atoms with Gasteiger partial charge in [0.2, 0.25) is 0 Å². The zero-order valence-electron chi connectivity index (χ0n) is 6.37. The minimum atomic E-state index is -0.212. The molecule has 0 saturated carbocycles. The van der Waals surface area contributed by atoms with Crippen molar-refractivity contribution in [2.45, 2.75) is 0 Å². The Kier molecular flexibility index (Phi) is 1.13. The highest BCUT2D eigenvalue weighted by Gasteiger charge is 2.05. The van der Waals surface area contributed by atoms with E-state index in [1.54, 1.807) is 0 Å². The fraction of sp³-hybridized carbons (Fsp3) is 0. The van der Waals surface area contributed by atoms with E-state index in [2.05, 4.69) is 18.7 Å². The first-order valence-corrected chi connectivity index (χ1v) is 4.41. The van der Waals surface area contributed by atoms with Crippen LogP contribution in [-0.4, -0.2) is 18.7 Å². The lowest BCUT2D eigenvalue weighted by atomic mass is 10.3. The van der Waals surface area contributed by atoms with Crippen molar-refractivity contribution in [1.82, 2.24) is 18.7 Å². The van der Waals surface area contributed by atoms with E-state index in [-0.39, 0.29) is 5.69 Å². The van der Waals surface area contributed by atoms with Crippen LogP contribution in [0.3, 0.4) is 0 Å². The molecule has 2 heterocycles. The summed E-state index contributed by atoms with van der Waals surface area (Å²) in [6, 6.07) is 3.65. The summed E-state index contributed by atoms with van der Waals surface area (Å²) in [5, 5.41) is 0. The summed E-state index contributed by atoms with van der Waals surface area (Å²) in [4.78, 5) is 16.3. The van der Waals surface area contributed by atoms with Gasteiger partial charge in [-0.05, 0) is 12.1 Å². The second kappa shape index (κ2) is 2.17. The third kappa shape index (κ3) is 0.829. The predicted molar refractivity (Wildman–Crippen MR) is 49.9 cm³/mol. The Balaban J connectivity index is 2.71. The molecule has 3 aromatic rings. The molecule has 6 heteroatoms. The summed E-state index contributed by atoms with van der Waals surface area (Å²) in [6.07, 6.45) is 0. The second-order valence-electron chi connectivity index (χ2n) is 2.70. The zero-order chi connectivity index (χ0) is 8.84. The Labute approximate surface area is 75.7 Å². The molecule has 13 heavy (non-hydrogen) atoms. The SMILES string of the molecule is O=c1[nH]c2ccc3nsnc3c2[nH]1. The maximum atomic E-state index is 11.0. The average molecular weight is 192 g/mol. The number of rotatable bonds is 0. The predicted octanol–water partition coefficient (Wildman–Crippen LogP) is 0.861. The molecule has 3 rings (SSSR count). The number of imidazole rings is 1. The Hall–Kier alpha value is -1.69. The van der Waals surface area contributed by atoms with Crippen LogP contribution in [0.15, 0.2) is 16.9 Å². The summed E-state index contributed by atoms with van der Waals surface area (Å²) in [5.74, 6) is 0. The van der Waals surface area contributed by atoms with Crippen LogP contribution in [0.25, 0.3) is 22.1 Å². The highest BCUT2D eigenvalue weighted by molar-refractivity contribution is 7.00. The molecule has 0 spiro atoms. The maximum absolute atomic E-state index is 11.0. The number of nitrogens with one attached hydrogen (secondary N) is 2. The van der Waals surface area contributed by atoms with Gasteiger partial charge in [-0.3, -0.25) is 0 Å². The molecule has 1 aromatic carbocycles. The van der Waals surface area contributed by atoms with Gasteiger partial charge in [0.1, 0.15) is 11.0 Å². The Morgan fingerprint density at radius 1 is 1.23 bits per heavy atom. The van der Waals surface area contributed by atoms with E-state index in [9.17, 15) is 4.79 Å². The summed E-state index contributed by atoms with van der Waals surface area (Å²) in [6.45, 7) is 0. The lowest BCUT2D eigenvalue weighted by Crippen LogP contribution is -1.99. The number of nitrogens with zero attached hydrogens (tertiary/aromatic N) is 2. The number of benzene rings is 1. The first kappa shape index (κ1) is 6.79. The van der Waals surface area contributed by atoms with Crippen LogP contribution in [0.5, 0.6) is 0 Å². The van der Waals surface area contributed by atoms with Crippen LogP contribution in [0.2, 0.25) is 0 Å². The molecular weight excluding hydrogens is 188 g/mol. The quantitative estimate of drug-likeness (QED) is 0.554. The number of aromatic nitrogens is 4. The van der Waals surface area contributed by atoms with E-state index in [0.717, 1.165) is 33.8 Å². The molecule has 0 fully saturated rings. The summed E-state index contributed by atoms with van der Waals surface area (Å²) >= 11 is 1.14. The largest absolute Gasteiger partial charge is 0.323 e. The molecule has 0 aliphatic rings. The summed E-state index contributed by atoms with van der Waals surface area (Å²) in [7, 11) is 0. The number of H-pyrrole nitrogens is 2. The molecule has 0 atom stereocenters. The van der Waals surface area contributed by atoms with Crippen molar-refractivity contribution >= 4 is 33.8 Å². The first-order valence-electron chi connectivity index (χ1n) is 3.68. The normalized spacial score (nSPS) is 11.4. The summed E-state index contributed by atoms with van der Waals surface area (Å²) < 4.78 is 8.17. The molecule has 0 amide bonds. The van der Waals surface area contributed by atoms with Crippen LogP contribution in [0.4, 0.5) is 0 Å². The number of fused-ring (bicyclic) bond motifs is 3. The van der Waals surface area contributed by atoms with E-state index in [0.29, 0.717) is 0 Å². The van der Waals surface area contributed by atoms with E-state index >= 15 is 0 Å². The van der Waals surface area contributed by atoms with Crippen molar-refractivity contribution in [2.24, 2.45) is 0 Å². The molecule has 2 N–H and O–H groups in total. The van der Waals surface area contributed by atoms with E-state index in [1.165, 1.54) is 0 Å². The van der Waals surface area contributed by atoms with Gasteiger partial charge in [-0.25, -0.2) is 4.79 Å². The van der Waals surface area contributed by atoms with Crippen LogP contribution >= 0.6 is 11.7 Å². The Morgan fingerprint density at radius 3 is 3.08 bits per heavy atom. The van der Waals surface area contributed by atoms with Crippen LogP contribution in [-0.2, 0) is 0 Å². The van der Waals surface area contributed by atoms with E-state index < -0.39 is 0 Å². The molecular formula is C7H4N4OS. The topological polar surface area (TPSA) is 74.4 Å². The molecule has 0 saturated heterocycles. The van der Waals surface area contributed by atoms with Gasteiger partial charge in [0, 0.05) is 0 Å². The van der Waals surface area contributed by atoms with Crippen LogP contribution in [0.1, 0.15) is 0 Å². The number of hydrogen-bond acceptors (Lipinski definition) is 4. The molecule has 0 aliphatic heterocycles. The van der Waals surface area contributed by atoms with E-state index in [1.807, 2.05) is 12.1 Å². The number of aromatic amines is 2. The van der Waals surface area contributed by atoms with Crippen molar-refractivity contribution in [3.8, 4) is 0 Å². The van der Waals surface area contributed by atoms with Crippen molar-refractivity contribution in [3.63, 3.8) is 0 Å². The molecule has 0 radical (unpaired) electrons. The van der Waals surface area contributed by atoms with Gasteiger partial charge in [0.25, 0.3) is 0 Å². The van der Waals surface area contributed by atoms with Crippen molar-refractivity contribution in [2.75, 3.05) is 0 Å². The smallest absolute Gasteiger partial charge is 0.306 e. The molecule has 0 unspecified atom stereocenters. The van der Waals surface area contributed by atoms with Crippen molar-refractivity contribution in [3.05, 3.63) is 22.6 Å². The first-order chi connectivity index (χ1) is 6.34. The second-order valence-corrected chi connectivity index (χ2v) is 3.23. The maximum Gasteiger partial charge on any atom is 0.323 e. The van der Waals surface area contributed by atoms with Gasteiger partial charge in [0.05, 0.1) is 22.8 Å². The Morgan fingerprint density at radius 2 is 2.15 bits per heavy atom. The van der Waals surface area contributed by atoms with Crippen LogP contribution in [0, 0.1) is 0 Å². The van der Waals surface area contributed by atoms with Gasteiger partial charge in [-0.2, -0.15) is 8.75 Å². The van der Waals surface area contributed by atoms with Gasteiger partial charge < -0.3 is 9.97 Å². The highest BCUT2D eigenvalue weighted by Crippen LogP contribution is 2.18. The third-order valence-electron chi connectivity index (χ3n) is 1.91. The van der Waals surface area contributed by atoms with E-state index in [4.69, 9.17) is 0 Å². The minimum Gasteiger partial charge on any atom is -0.306 e. The standard InChI is InChI=1S/C7H4N4OS/c12-7-8-3-1-2-4-6(5(3)9-7)11-13-10-4/h1-2H,(H2,8,9,12). The van der Waals surface area contributed by atoms with Gasteiger partial charge >= 0.3 is 5.69 Å².